The smallest absolute Gasteiger partial charge is 0.176 e. The molecule has 0 aromatic carbocycles. The summed E-state index contributed by atoms with van der Waals surface area (Å²) in [7, 11) is 0. The number of nitriles is 1. The first kappa shape index (κ1) is 21.3. The van der Waals surface area contributed by atoms with Crippen molar-refractivity contribution in [3.8, 4) is 6.19 Å². The lowest BCUT2D eigenvalue weighted by Gasteiger charge is -2.03. The van der Waals surface area contributed by atoms with Gasteiger partial charge in [0.1, 0.15) is 0 Å². The number of nitrogens with zero attached hydrogens (tertiary/aromatic N) is 1. The van der Waals surface area contributed by atoms with Crippen molar-refractivity contribution in [2.45, 2.75) is 116 Å². The fraction of sp³-hybridized carbons (Fsp3) is 0.950. The van der Waals surface area contributed by atoms with Crippen LogP contribution in [0.5, 0.6) is 0 Å². The molecule has 130 valence electrons. The lowest BCUT2D eigenvalue weighted by molar-refractivity contribution is 0.526. The van der Waals surface area contributed by atoms with E-state index >= 15 is 0 Å². The molecular formula is C20H40N2. The maximum Gasteiger partial charge on any atom is 0.176 e. The number of hydrogen-bond donors (Lipinski definition) is 1. The first-order valence-corrected chi connectivity index (χ1v) is 10.0. The van der Waals surface area contributed by atoms with Crippen molar-refractivity contribution in [2.75, 3.05) is 6.54 Å². The summed E-state index contributed by atoms with van der Waals surface area (Å²) in [6.07, 6.45) is 25.8. The van der Waals surface area contributed by atoms with Crippen molar-refractivity contribution in [3.05, 3.63) is 0 Å². The van der Waals surface area contributed by atoms with Crippen molar-refractivity contribution >= 4 is 0 Å². The van der Waals surface area contributed by atoms with Crippen LogP contribution in [0.2, 0.25) is 0 Å². The Morgan fingerprint density at radius 1 is 0.545 bits per heavy atom. The van der Waals surface area contributed by atoms with Gasteiger partial charge in [-0.25, -0.2) is 0 Å². The largest absolute Gasteiger partial charge is 0.324 e. The fourth-order valence-electron chi connectivity index (χ4n) is 2.99. The van der Waals surface area contributed by atoms with Gasteiger partial charge in [-0.1, -0.05) is 110 Å². The number of rotatable bonds is 18. The molecule has 0 rings (SSSR count). The van der Waals surface area contributed by atoms with E-state index in [2.05, 4.69) is 12.2 Å². The summed E-state index contributed by atoms with van der Waals surface area (Å²) >= 11 is 0. The van der Waals surface area contributed by atoms with E-state index < -0.39 is 0 Å². The van der Waals surface area contributed by atoms with Crippen LogP contribution in [0.1, 0.15) is 116 Å². The first-order chi connectivity index (χ1) is 10.9. The third kappa shape index (κ3) is 19.3. The molecule has 0 saturated carbocycles. The summed E-state index contributed by atoms with van der Waals surface area (Å²) in [5.74, 6) is 0. The SMILES string of the molecule is CCCCCCCCCCCCCCCCCCCNC#N. The van der Waals surface area contributed by atoms with Crippen LogP contribution < -0.4 is 5.32 Å². The van der Waals surface area contributed by atoms with Crippen LogP contribution >= 0.6 is 0 Å². The molecule has 0 unspecified atom stereocenters. The molecule has 0 fully saturated rings. The Kier molecular flexibility index (Phi) is 19.6. The predicted octanol–water partition coefficient (Wildman–Crippen LogP) is 6.71. The minimum Gasteiger partial charge on any atom is -0.324 e. The molecule has 0 saturated heterocycles. The second-order valence-electron chi connectivity index (χ2n) is 6.70. The molecule has 22 heavy (non-hydrogen) atoms. The fourth-order valence-corrected chi connectivity index (χ4v) is 2.99. The van der Waals surface area contributed by atoms with Crippen LogP contribution in [0.4, 0.5) is 0 Å². The maximum atomic E-state index is 8.34. The molecule has 0 aromatic rings. The van der Waals surface area contributed by atoms with Gasteiger partial charge in [-0.3, -0.25) is 0 Å². The van der Waals surface area contributed by atoms with E-state index in [4.69, 9.17) is 5.26 Å². The van der Waals surface area contributed by atoms with Gasteiger partial charge in [-0.05, 0) is 6.42 Å². The van der Waals surface area contributed by atoms with E-state index in [-0.39, 0.29) is 0 Å². The molecule has 0 atom stereocenters. The summed E-state index contributed by atoms with van der Waals surface area (Å²) in [5.41, 5.74) is 0. The summed E-state index contributed by atoms with van der Waals surface area (Å²) < 4.78 is 0. The van der Waals surface area contributed by atoms with Crippen LogP contribution in [0.3, 0.4) is 0 Å². The van der Waals surface area contributed by atoms with E-state index in [1.165, 1.54) is 103 Å². The summed E-state index contributed by atoms with van der Waals surface area (Å²) in [4.78, 5) is 0. The number of nitrogens with one attached hydrogen (secondary N) is 1. The summed E-state index contributed by atoms with van der Waals surface area (Å²) in [6, 6.07) is 0. The highest BCUT2D eigenvalue weighted by Gasteiger charge is 1.94. The Balaban J connectivity index is 2.93. The summed E-state index contributed by atoms with van der Waals surface area (Å²) in [6.45, 7) is 3.14. The highest BCUT2D eigenvalue weighted by atomic mass is 14.8. The second kappa shape index (κ2) is 20.3. The van der Waals surface area contributed by atoms with E-state index in [0.29, 0.717) is 0 Å². The minimum absolute atomic E-state index is 0.856. The highest BCUT2D eigenvalue weighted by molar-refractivity contribution is 4.63. The van der Waals surface area contributed by atoms with Gasteiger partial charge in [-0.15, -0.1) is 0 Å². The zero-order valence-electron chi connectivity index (χ0n) is 15.2. The Morgan fingerprint density at radius 3 is 1.18 bits per heavy atom. The van der Waals surface area contributed by atoms with Crippen LogP contribution in [0.25, 0.3) is 0 Å². The van der Waals surface area contributed by atoms with Crippen LogP contribution in [0.15, 0.2) is 0 Å². The van der Waals surface area contributed by atoms with E-state index in [9.17, 15) is 0 Å². The molecule has 0 aliphatic carbocycles. The van der Waals surface area contributed by atoms with Crippen molar-refractivity contribution in [3.63, 3.8) is 0 Å². The number of unbranched alkanes of at least 4 members (excludes halogenated alkanes) is 16. The molecule has 0 spiro atoms. The molecule has 0 aliphatic heterocycles. The molecule has 0 aliphatic rings. The van der Waals surface area contributed by atoms with Crippen molar-refractivity contribution < 1.29 is 0 Å². The summed E-state index contributed by atoms with van der Waals surface area (Å²) in [5, 5.41) is 11.0. The maximum absolute atomic E-state index is 8.34. The van der Waals surface area contributed by atoms with Crippen LogP contribution in [-0.2, 0) is 0 Å². The highest BCUT2D eigenvalue weighted by Crippen LogP contribution is 2.13. The van der Waals surface area contributed by atoms with Crippen molar-refractivity contribution in [2.24, 2.45) is 0 Å². The molecule has 0 amide bonds. The van der Waals surface area contributed by atoms with Gasteiger partial charge >= 0.3 is 0 Å². The number of hydrogen-bond acceptors (Lipinski definition) is 2. The standard InChI is InChI=1S/C20H40N2/c1-2-3-4-5-6-7-8-9-10-11-12-13-14-15-16-17-18-19-22-20-21/h22H,2-19H2,1H3. The van der Waals surface area contributed by atoms with Gasteiger partial charge in [0.25, 0.3) is 0 Å². The first-order valence-electron chi connectivity index (χ1n) is 10.0. The van der Waals surface area contributed by atoms with Gasteiger partial charge in [0.2, 0.25) is 0 Å². The molecular weight excluding hydrogens is 268 g/mol. The van der Waals surface area contributed by atoms with Crippen molar-refractivity contribution in [1.82, 2.24) is 5.32 Å². The van der Waals surface area contributed by atoms with Crippen molar-refractivity contribution in [1.29, 1.82) is 5.26 Å². The Labute approximate surface area is 140 Å². The molecule has 2 heteroatoms. The zero-order chi connectivity index (χ0) is 16.1. The second-order valence-corrected chi connectivity index (χ2v) is 6.70. The quantitative estimate of drug-likeness (QED) is 0.173. The van der Waals surface area contributed by atoms with Gasteiger partial charge < -0.3 is 5.32 Å². The molecule has 0 heterocycles. The average Bonchev–Trinajstić information content (AvgIpc) is 2.54. The lowest BCUT2D eigenvalue weighted by atomic mass is 10.0. The molecule has 1 N–H and O–H groups in total. The Morgan fingerprint density at radius 2 is 0.864 bits per heavy atom. The van der Waals surface area contributed by atoms with Gasteiger partial charge in [0.15, 0.2) is 6.19 Å². The van der Waals surface area contributed by atoms with Crippen LogP contribution in [0, 0.1) is 11.5 Å². The van der Waals surface area contributed by atoms with Crippen LogP contribution in [-0.4, -0.2) is 6.54 Å². The van der Waals surface area contributed by atoms with E-state index in [0.717, 1.165) is 13.0 Å². The third-order valence-electron chi connectivity index (χ3n) is 4.48. The van der Waals surface area contributed by atoms with Gasteiger partial charge in [0, 0.05) is 6.54 Å². The topological polar surface area (TPSA) is 35.8 Å². The third-order valence-corrected chi connectivity index (χ3v) is 4.48. The molecule has 0 aromatic heterocycles. The average molecular weight is 309 g/mol. The minimum atomic E-state index is 0.856. The molecule has 0 bridgehead atoms. The predicted molar refractivity (Wildman–Crippen MR) is 97.8 cm³/mol. The van der Waals surface area contributed by atoms with E-state index in [1.807, 2.05) is 6.19 Å². The van der Waals surface area contributed by atoms with Gasteiger partial charge in [-0.2, -0.15) is 5.26 Å². The normalized spacial score (nSPS) is 10.5. The molecule has 0 radical (unpaired) electrons. The zero-order valence-corrected chi connectivity index (χ0v) is 15.2. The van der Waals surface area contributed by atoms with Gasteiger partial charge in [0.05, 0.1) is 0 Å². The Bertz CT molecular complexity index is 232. The Hall–Kier alpha value is -0.710. The van der Waals surface area contributed by atoms with E-state index in [1.54, 1.807) is 0 Å². The lowest BCUT2D eigenvalue weighted by Crippen LogP contribution is -2.06. The molecule has 2 nitrogen and oxygen atoms in total. The monoisotopic (exact) mass is 308 g/mol.